The first-order valence-electron chi connectivity index (χ1n) is 3.30. The van der Waals surface area contributed by atoms with Gasteiger partial charge in [-0.05, 0) is 18.7 Å². The summed E-state index contributed by atoms with van der Waals surface area (Å²) in [6.45, 7) is 6.21. The van der Waals surface area contributed by atoms with Gasteiger partial charge in [0, 0.05) is 0 Å². The lowest BCUT2D eigenvalue weighted by molar-refractivity contribution is -0.141. The van der Waals surface area contributed by atoms with Crippen molar-refractivity contribution in [3.63, 3.8) is 0 Å². The fourth-order valence-electron chi connectivity index (χ4n) is 0.267. The molecule has 0 atom stereocenters. The number of rotatable bonds is 3. The average molecular weight is 168 g/mol. The molecule has 0 aliphatic heterocycles. The van der Waals surface area contributed by atoms with Crippen molar-refractivity contribution in [3.8, 4) is 0 Å². The van der Waals surface area contributed by atoms with Crippen LogP contribution in [-0.4, -0.2) is 19.1 Å². The van der Waals surface area contributed by atoms with Crippen LogP contribution in [0.2, 0.25) is 0 Å². The van der Waals surface area contributed by atoms with E-state index in [1.165, 1.54) is 0 Å². The number of carbonyl (C=O) groups is 1. The van der Waals surface area contributed by atoms with Gasteiger partial charge in [-0.15, -0.1) is 0 Å². The van der Waals surface area contributed by atoms with Crippen LogP contribution in [0.15, 0.2) is 0 Å². The molecule has 0 amide bonds. The lowest BCUT2D eigenvalue weighted by atomic mass is 10.7. The fourth-order valence-corrected chi connectivity index (χ4v) is 0.376. The molecule has 0 heterocycles. The minimum absolute atomic E-state index is 0.0649. The van der Waals surface area contributed by atoms with Crippen molar-refractivity contribution in [3.05, 3.63) is 0 Å². The Bertz CT molecular complexity index is 70.1. The summed E-state index contributed by atoms with van der Waals surface area (Å²) in [5.41, 5.74) is 0. The monoisotopic (exact) mass is 167 g/mol. The molecule has 0 radical (unpaired) electrons. The lowest BCUT2D eigenvalue weighted by Crippen LogP contribution is -2.16. The highest BCUT2D eigenvalue weighted by atomic mass is 35.5. The van der Waals surface area contributed by atoms with E-state index in [1.54, 1.807) is 6.92 Å². The third kappa shape index (κ3) is 10.7. The maximum atomic E-state index is 10.3. The maximum absolute atomic E-state index is 10.3. The number of esters is 1. The number of halogens is 1. The van der Waals surface area contributed by atoms with Crippen molar-refractivity contribution < 1.29 is 9.53 Å². The van der Waals surface area contributed by atoms with Crippen LogP contribution in [0.4, 0.5) is 0 Å². The zero-order chi connectivity index (χ0) is 8.41. The molecule has 3 nitrogen and oxygen atoms in total. The first-order valence-corrected chi connectivity index (χ1v) is 3.68. The molecule has 0 rings (SSSR count). The van der Waals surface area contributed by atoms with Crippen LogP contribution in [-0.2, 0) is 9.53 Å². The van der Waals surface area contributed by atoms with Crippen molar-refractivity contribution in [1.29, 1.82) is 0 Å². The molecule has 0 aromatic rings. The first-order chi connectivity index (χ1) is 4.81. The summed E-state index contributed by atoms with van der Waals surface area (Å²) in [6.07, 6.45) is 0. The van der Waals surface area contributed by atoms with Gasteiger partial charge in [-0.1, -0.05) is 13.8 Å². The minimum Gasteiger partial charge on any atom is -0.465 e. The van der Waals surface area contributed by atoms with Gasteiger partial charge in [-0.3, -0.25) is 4.79 Å². The van der Waals surface area contributed by atoms with Crippen LogP contribution < -0.4 is 4.84 Å². The van der Waals surface area contributed by atoms with E-state index < -0.39 is 0 Å². The Kier molecular flexibility index (Phi) is 14.3. The van der Waals surface area contributed by atoms with Crippen molar-refractivity contribution in [2.24, 2.45) is 0 Å². The summed E-state index contributed by atoms with van der Waals surface area (Å²) in [6, 6.07) is 0. The highest BCUT2D eigenvalue weighted by Crippen LogP contribution is 1.74. The zero-order valence-electron chi connectivity index (χ0n) is 6.61. The molecule has 0 aromatic heterocycles. The lowest BCUT2D eigenvalue weighted by Gasteiger charge is -1.96. The number of nitrogens with one attached hydrogen (secondary N) is 1. The third-order valence-corrected chi connectivity index (χ3v) is 0.650. The quantitative estimate of drug-likeness (QED) is 0.509. The van der Waals surface area contributed by atoms with Crippen LogP contribution in [0.3, 0.4) is 0 Å². The van der Waals surface area contributed by atoms with Gasteiger partial charge >= 0.3 is 5.97 Å². The molecule has 0 bridgehead atoms. The van der Waals surface area contributed by atoms with E-state index in [1.807, 2.05) is 13.8 Å². The van der Waals surface area contributed by atoms with Gasteiger partial charge in [0.05, 0.1) is 6.61 Å². The number of carbonyl (C=O) groups excluding carboxylic acids is 1. The second kappa shape index (κ2) is 11.5. The molecule has 4 heteroatoms. The minimum atomic E-state index is -0.331. The highest BCUT2D eigenvalue weighted by molar-refractivity contribution is 6.14. The average Bonchev–Trinajstić information content (AvgIpc) is 1.93. The van der Waals surface area contributed by atoms with Gasteiger partial charge in [0.2, 0.25) is 0 Å². The SMILES string of the molecule is CC.CCOC(=O)CNCl. The first kappa shape index (κ1) is 12.4. The van der Waals surface area contributed by atoms with E-state index in [0.717, 1.165) is 0 Å². The van der Waals surface area contributed by atoms with Crippen LogP contribution in [0.5, 0.6) is 0 Å². The zero-order valence-corrected chi connectivity index (χ0v) is 7.36. The molecule has 0 aromatic carbocycles. The van der Waals surface area contributed by atoms with Crippen LogP contribution in [0, 0.1) is 0 Å². The van der Waals surface area contributed by atoms with E-state index in [9.17, 15) is 4.79 Å². The topological polar surface area (TPSA) is 38.3 Å². The van der Waals surface area contributed by atoms with Gasteiger partial charge in [0.1, 0.15) is 6.54 Å². The number of hydrogen-bond acceptors (Lipinski definition) is 3. The van der Waals surface area contributed by atoms with Crippen LogP contribution in [0.1, 0.15) is 20.8 Å². The predicted molar refractivity (Wildman–Crippen MR) is 41.8 cm³/mol. The number of hydrogen-bond donors (Lipinski definition) is 1. The van der Waals surface area contributed by atoms with Gasteiger partial charge in [-0.25, -0.2) is 4.84 Å². The smallest absolute Gasteiger partial charge is 0.321 e. The van der Waals surface area contributed by atoms with E-state index in [0.29, 0.717) is 6.61 Å². The summed E-state index contributed by atoms with van der Waals surface area (Å²) >= 11 is 4.98. The molecule has 0 aliphatic rings. The normalized spacial score (nSPS) is 7.60. The molecule has 62 valence electrons. The molecule has 0 saturated carbocycles. The van der Waals surface area contributed by atoms with Crippen molar-refractivity contribution in [2.45, 2.75) is 20.8 Å². The number of ether oxygens (including phenoxy) is 1. The van der Waals surface area contributed by atoms with Gasteiger partial charge in [0.15, 0.2) is 0 Å². The molecular weight excluding hydrogens is 154 g/mol. The van der Waals surface area contributed by atoms with E-state index in [4.69, 9.17) is 11.8 Å². The summed E-state index contributed by atoms with van der Waals surface area (Å²) in [7, 11) is 0. The van der Waals surface area contributed by atoms with Gasteiger partial charge < -0.3 is 4.74 Å². The van der Waals surface area contributed by atoms with E-state index in [2.05, 4.69) is 9.57 Å². The molecule has 0 spiro atoms. The Morgan fingerprint density at radius 2 is 2.10 bits per heavy atom. The second-order valence-corrected chi connectivity index (χ2v) is 1.38. The van der Waals surface area contributed by atoms with Crippen molar-refractivity contribution >= 4 is 17.7 Å². The Hall–Kier alpha value is -0.280. The predicted octanol–water partition coefficient (Wildman–Crippen LogP) is 1.32. The van der Waals surface area contributed by atoms with Crippen LogP contribution in [0.25, 0.3) is 0 Å². The van der Waals surface area contributed by atoms with Crippen molar-refractivity contribution in [1.82, 2.24) is 4.84 Å². The van der Waals surface area contributed by atoms with Crippen molar-refractivity contribution in [2.75, 3.05) is 13.2 Å². The van der Waals surface area contributed by atoms with Gasteiger partial charge in [-0.2, -0.15) is 0 Å². The Balaban J connectivity index is 0. The largest absolute Gasteiger partial charge is 0.465 e. The Labute approximate surface area is 66.8 Å². The maximum Gasteiger partial charge on any atom is 0.321 e. The molecular formula is C6H14ClNO2. The Morgan fingerprint density at radius 1 is 1.60 bits per heavy atom. The molecule has 0 unspecified atom stereocenters. The summed E-state index contributed by atoms with van der Waals surface area (Å²) in [5.74, 6) is -0.331. The summed E-state index contributed by atoms with van der Waals surface area (Å²) in [5, 5.41) is 0. The highest BCUT2D eigenvalue weighted by Gasteiger charge is 1.95. The standard InChI is InChI=1S/C4H8ClNO2.C2H6/c1-2-8-4(7)3-6-5;1-2/h6H,2-3H2,1H3;1-2H3. The second-order valence-electron chi connectivity index (χ2n) is 1.12. The third-order valence-electron chi connectivity index (χ3n) is 0.516. The van der Waals surface area contributed by atoms with Gasteiger partial charge in [0.25, 0.3) is 0 Å². The molecule has 1 N–H and O–H groups in total. The molecule has 0 saturated heterocycles. The van der Waals surface area contributed by atoms with E-state index in [-0.39, 0.29) is 12.5 Å². The Morgan fingerprint density at radius 3 is 2.40 bits per heavy atom. The summed E-state index contributed by atoms with van der Waals surface area (Å²) < 4.78 is 4.50. The summed E-state index contributed by atoms with van der Waals surface area (Å²) in [4.78, 5) is 12.4. The van der Waals surface area contributed by atoms with E-state index >= 15 is 0 Å². The molecule has 0 aliphatic carbocycles. The van der Waals surface area contributed by atoms with Crippen LogP contribution >= 0.6 is 11.8 Å². The molecule has 0 fully saturated rings. The fraction of sp³-hybridized carbons (Fsp3) is 0.833. The molecule has 10 heavy (non-hydrogen) atoms.